The molecule has 2 fully saturated rings. The van der Waals surface area contributed by atoms with Crippen LogP contribution >= 0.6 is 0 Å². The van der Waals surface area contributed by atoms with Crippen LogP contribution in [0.25, 0.3) is 0 Å². The summed E-state index contributed by atoms with van der Waals surface area (Å²) in [6.07, 6.45) is 11.5. The molecule has 4 rings (SSSR count). The highest BCUT2D eigenvalue weighted by molar-refractivity contribution is 5.93. The third-order valence-corrected chi connectivity index (χ3v) is 7.14. The molecule has 4 atom stereocenters. The van der Waals surface area contributed by atoms with Gasteiger partial charge in [-0.05, 0) is 100 Å². The Morgan fingerprint density at radius 1 is 1.08 bits per heavy atom. The van der Waals surface area contributed by atoms with E-state index in [9.17, 15) is 4.79 Å². The van der Waals surface area contributed by atoms with Gasteiger partial charge in [-0.2, -0.15) is 0 Å². The van der Waals surface area contributed by atoms with Crippen LogP contribution in [0.2, 0.25) is 0 Å². The van der Waals surface area contributed by atoms with Gasteiger partial charge in [0, 0.05) is 6.42 Å². The van der Waals surface area contributed by atoms with E-state index in [0.29, 0.717) is 17.3 Å². The summed E-state index contributed by atoms with van der Waals surface area (Å²) in [6.45, 7) is 9.07. The molecule has 0 aromatic rings. The Labute approximate surface area is 146 Å². The van der Waals surface area contributed by atoms with E-state index in [-0.39, 0.29) is 5.60 Å². The topological polar surface area (TPSA) is 26.3 Å². The van der Waals surface area contributed by atoms with Gasteiger partial charge in [0.2, 0.25) is 0 Å². The molecule has 0 aromatic carbocycles. The molecule has 0 unspecified atom stereocenters. The van der Waals surface area contributed by atoms with Gasteiger partial charge in [-0.3, -0.25) is 4.79 Å². The van der Waals surface area contributed by atoms with E-state index in [2.05, 4.69) is 27.7 Å². The maximum atomic E-state index is 11.8. The van der Waals surface area contributed by atoms with E-state index in [0.717, 1.165) is 31.1 Å². The maximum Gasteiger partial charge on any atom is 0.156 e. The number of carbonyl (C=O) groups is 1. The van der Waals surface area contributed by atoms with Crippen LogP contribution in [-0.4, -0.2) is 17.5 Å². The zero-order chi connectivity index (χ0) is 17.1. The lowest BCUT2D eigenvalue weighted by molar-refractivity contribution is -0.118. The van der Waals surface area contributed by atoms with E-state index in [1.807, 2.05) is 6.08 Å². The number of carbonyl (C=O) groups excluding carboxylic acids is 1. The van der Waals surface area contributed by atoms with Crippen molar-refractivity contribution in [3.8, 4) is 0 Å². The maximum absolute atomic E-state index is 11.8. The van der Waals surface area contributed by atoms with Crippen molar-refractivity contribution in [2.45, 2.75) is 90.8 Å². The van der Waals surface area contributed by atoms with Gasteiger partial charge in [0.15, 0.2) is 5.78 Å². The lowest BCUT2D eigenvalue weighted by Gasteiger charge is -2.49. The molecule has 0 aromatic heterocycles. The summed E-state index contributed by atoms with van der Waals surface area (Å²) >= 11 is 0. The van der Waals surface area contributed by atoms with Crippen LogP contribution in [0, 0.1) is 17.3 Å². The summed E-state index contributed by atoms with van der Waals surface area (Å²) in [4.78, 5) is 11.8. The molecular formula is C22H32O2. The Hall–Kier alpha value is -0.890. The Bertz CT molecular complexity index is 618. The minimum Gasteiger partial charge on any atom is -0.372 e. The molecule has 0 bridgehead atoms. The van der Waals surface area contributed by atoms with E-state index >= 15 is 0 Å². The molecule has 132 valence electrons. The van der Waals surface area contributed by atoms with Gasteiger partial charge in [-0.25, -0.2) is 0 Å². The molecule has 4 aliphatic rings. The average molecular weight is 328 g/mol. The zero-order valence-electron chi connectivity index (χ0n) is 15.8. The molecule has 0 heterocycles. The fraction of sp³-hybridized carbons (Fsp3) is 0.773. The van der Waals surface area contributed by atoms with Crippen molar-refractivity contribution in [2.75, 3.05) is 0 Å². The van der Waals surface area contributed by atoms with E-state index in [4.69, 9.17) is 4.74 Å². The molecule has 0 aliphatic heterocycles. The van der Waals surface area contributed by atoms with Crippen LogP contribution in [0.5, 0.6) is 0 Å². The first-order valence-corrected chi connectivity index (χ1v) is 9.91. The highest BCUT2D eigenvalue weighted by Crippen LogP contribution is 2.61. The number of fused-ring (bicyclic) bond motifs is 4. The van der Waals surface area contributed by atoms with Crippen LogP contribution in [0.1, 0.15) is 79.1 Å². The molecule has 4 aliphatic carbocycles. The summed E-state index contributed by atoms with van der Waals surface area (Å²) in [7, 11) is 0. The number of hydrogen-bond donors (Lipinski definition) is 0. The smallest absolute Gasteiger partial charge is 0.156 e. The minimum atomic E-state index is -0.0481. The summed E-state index contributed by atoms with van der Waals surface area (Å²) < 4.78 is 6.50. The normalized spacial score (nSPS) is 39.2. The van der Waals surface area contributed by atoms with Crippen molar-refractivity contribution >= 4 is 5.78 Å². The van der Waals surface area contributed by atoms with Gasteiger partial charge >= 0.3 is 0 Å². The minimum absolute atomic E-state index is 0.0481. The molecular weight excluding hydrogens is 296 g/mol. The molecule has 0 radical (unpaired) electrons. The lowest BCUT2D eigenvalue weighted by atomic mass is 9.57. The molecule has 0 saturated heterocycles. The predicted molar refractivity (Wildman–Crippen MR) is 96.8 cm³/mol. The fourth-order valence-corrected chi connectivity index (χ4v) is 6.10. The van der Waals surface area contributed by atoms with E-state index in [1.54, 1.807) is 11.1 Å². The Morgan fingerprint density at radius 2 is 1.88 bits per heavy atom. The second-order valence-electron chi connectivity index (χ2n) is 9.69. The van der Waals surface area contributed by atoms with Crippen LogP contribution < -0.4 is 0 Å². The van der Waals surface area contributed by atoms with Crippen LogP contribution in [0.4, 0.5) is 0 Å². The van der Waals surface area contributed by atoms with Crippen molar-refractivity contribution in [1.82, 2.24) is 0 Å². The zero-order valence-corrected chi connectivity index (χ0v) is 15.8. The Balaban J connectivity index is 1.64. The standard InChI is InChI=1S/C22H32O2/c1-21(2,3)24-20-10-9-19-18-7-5-14-13-15(23)6-8-16(14)17(18)11-12-22(19,20)4/h13,18-20H,5-12H2,1-4H3/t18-,19+,20+,22+/m0/s1. The number of rotatable bonds is 1. The molecule has 2 nitrogen and oxygen atoms in total. The Morgan fingerprint density at radius 3 is 2.62 bits per heavy atom. The van der Waals surface area contributed by atoms with Gasteiger partial charge in [0.1, 0.15) is 0 Å². The molecule has 0 amide bonds. The van der Waals surface area contributed by atoms with Gasteiger partial charge in [0.05, 0.1) is 11.7 Å². The summed E-state index contributed by atoms with van der Waals surface area (Å²) in [5.74, 6) is 1.87. The van der Waals surface area contributed by atoms with Crippen LogP contribution in [0.15, 0.2) is 22.8 Å². The molecule has 2 heteroatoms. The van der Waals surface area contributed by atoms with Gasteiger partial charge in [-0.15, -0.1) is 0 Å². The fourth-order valence-electron chi connectivity index (χ4n) is 6.10. The Kier molecular flexibility index (Phi) is 3.84. The quantitative estimate of drug-likeness (QED) is 0.646. The van der Waals surface area contributed by atoms with Crippen molar-refractivity contribution in [1.29, 1.82) is 0 Å². The summed E-state index contributed by atoms with van der Waals surface area (Å²) in [5.41, 5.74) is 4.97. The average Bonchev–Trinajstić information content (AvgIpc) is 2.82. The lowest BCUT2D eigenvalue weighted by Crippen LogP contribution is -2.45. The molecule has 24 heavy (non-hydrogen) atoms. The highest BCUT2D eigenvalue weighted by Gasteiger charge is 2.54. The van der Waals surface area contributed by atoms with E-state index < -0.39 is 0 Å². The summed E-state index contributed by atoms with van der Waals surface area (Å²) in [5, 5.41) is 0. The second kappa shape index (κ2) is 5.56. The van der Waals surface area contributed by atoms with Crippen LogP contribution in [-0.2, 0) is 9.53 Å². The van der Waals surface area contributed by atoms with Crippen molar-refractivity contribution in [3.63, 3.8) is 0 Å². The monoisotopic (exact) mass is 328 g/mol. The summed E-state index contributed by atoms with van der Waals surface area (Å²) in [6, 6.07) is 0. The number of ketones is 1. The number of hydrogen-bond acceptors (Lipinski definition) is 2. The SMILES string of the molecule is CC(C)(C)O[C@@H]1CC[C@@H]2[C@H]3CCC4=CC(=O)CCC4=C3CC[C@]21C. The number of allylic oxidation sites excluding steroid dienone is 4. The molecule has 0 spiro atoms. The van der Waals surface area contributed by atoms with Crippen molar-refractivity contribution in [3.05, 3.63) is 22.8 Å². The second-order valence-corrected chi connectivity index (χ2v) is 9.69. The van der Waals surface area contributed by atoms with Gasteiger partial charge in [-0.1, -0.05) is 12.5 Å². The van der Waals surface area contributed by atoms with Crippen LogP contribution in [0.3, 0.4) is 0 Å². The predicted octanol–water partition coefficient (Wildman–Crippen LogP) is 5.38. The first-order chi connectivity index (χ1) is 11.3. The molecule has 0 N–H and O–H groups in total. The van der Waals surface area contributed by atoms with Crippen molar-refractivity contribution < 1.29 is 9.53 Å². The first-order valence-electron chi connectivity index (χ1n) is 9.91. The van der Waals surface area contributed by atoms with E-state index in [1.165, 1.54) is 37.7 Å². The largest absolute Gasteiger partial charge is 0.372 e. The van der Waals surface area contributed by atoms with Crippen molar-refractivity contribution in [2.24, 2.45) is 17.3 Å². The third-order valence-electron chi connectivity index (χ3n) is 7.14. The third kappa shape index (κ3) is 2.62. The van der Waals surface area contributed by atoms with Gasteiger partial charge < -0.3 is 4.74 Å². The molecule has 2 saturated carbocycles. The highest BCUT2D eigenvalue weighted by atomic mass is 16.5. The first kappa shape index (κ1) is 16.6. The number of ether oxygens (including phenoxy) is 1. The van der Waals surface area contributed by atoms with Gasteiger partial charge in [0.25, 0.3) is 0 Å².